The van der Waals surface area contributed by atoms with Crippen molar-refractivity contribution in [3.05, 3.63) is 70.0 Å². The van der Waals surface area contributed by atoms with Gasteiger partial charge in [-0.2, -0.15) is 0 Å². The number of para-hydroxylation sites is 1. The summed E-state index contributed by atoms with van der Waals surface area (Å²) in [4.78, 5) is 25.3. The van der Waals surface area contributed by atoms with Crippen LogP contribution in [0.1, 0.15) is 16.1 Å². The van der Waals surface area contributed by atoms with Crippen LogP contribution in [0.3, 0.4) is 0 Å². The molecule has 4 rings (SSSR count). The highest BCUT2D eigenvalue weighted by Crippen LogP contribution is 2.28. The van der Waals surface area contributed by atoms with E-state index in [1.807, 2.05) is 29.2 Å². The van der Waals surface area contributed by atoms with E-state index in [1.165, 1.54) is 12.1 Å². The number of morpholine rings is 1. The molecule has 1 aliphatic heterocycles. The number of anilines is 1. The second-order valence-electron chi connectivity index (χ2n) is 6.38. The molecule has 0 atom stereocenters. The Hall–Kier alpha value is -3.39. The molecule has 8 nitrogen and oxygen atoms in total. The van der Waals surface area contributed by atoms with Gasteiger partial charge in [-0.3, -0.25) is 10.1 Å². The third-order valence-electron chi connectivity index (χ3n) is 4.58. The number of carbonyl (C=O) groups excluding carboxylic acids is 1. The van der Waals surface area contributed by atoms with Crippen molar-refractivity contribution in [3.8, 4) is 0 Å². The maximum absolute atomic E-state index is 12.7. The second kappa shape index (κ2) is 7.69. The Morgan fingerprint density at radius 2 is 1.93 bits per heavy atom. The zero-order valence-corrected chi connectivity index (χ0v) is 15.0. The first kappa shape index (κ1) is 18.0. The summed E-state index contributed by atoms with van der Waals surface area (Å²) in [5.41, 5.74) is 1.31. The number of hydrogen-bond donors (Lipinski definition) is 0. The molecule has 28 heavy (non-hydrogen) atoms. The fraction of sp³-hybridized carbons (Fsp3) is 0.250. The van der Waals surface area contributed by atoms with E-state index in [1.54, 1.807) is 12.1 Å². The van der Waals surface area contributed by atoms with E-state index in [0.29, 0.717) is 43.3 Å². The van der Waals surface area contributed by atoms with Gasteiger partial charge in [-0.25, -0.2) is 4.79 Å². The minimum atomic E-state index is -0.634. The van der Waals surface area contributed by atoms with Crippen molar-refractivity contribution in [2.75, 3.05) is 31.2 Å². The van der Waals surface area contributed by atoms with Gasteiger partial charge in [-0.05, 0) is 18.2 Å². The van der Waals surface area contributed by atoms with Gasteiger partial charge in [-0.1, -0.05) is 18.2 Å². The minimum absolute atomic E-state index is 0.0568. The van der Waals surface area contributed by atoms with Crippen LogP contribution < -0.4 is 4.90 Å². The number of non-ortho nitro benzene ring substituents is 1. The van der Waals surface area contributed by atoms with Crippen LogP contribution in [0.25, 0.3) is 11.0 Å². The number of benzene rings is 2. The molecular weight excluding hydrogens is 364 g/mol. The zero-order chi connectivity index (χ0) is 19.5. The highest BCUT2D eigenvalue weighted by atomic mass is 16.6. The summed E-state index contributed by atoms with van der Waals surface area (Å²) in [7, 11) is 0. The number of esters is 1. The number of furan rings is 1. The lowest BCUT2D eigenvalue weighted by molar-refractivity contribution is -0.384. The Morgan fingerprint density at radius 3 is 2.68 bits per heavy atom. The van der Waals surface area contributed by atoms with E-state index >= 15 is 0 Å². The van der Waals surface area contributed by atoms with E-state index in [4.69, 9.17) is 13.9 Å². The standard InChI is InChI=1S/C20H18N2O6/c23-20(27-13-16-11-14-3-1-2-4-19(14)28-16)17-12-15(22(24)25)5-6-18(17)21-7-9-26-10-8-21/h1-6,11-12H,7-10,13H2. The van der Waals surface area contributed by atoms with Gasteiger partial charge in [0, 0.05) is 30.6 Å². The highest BCUT2D eigenvalue weighted by molar-refractivity contribution is 5.96. The molecule has 0 bridgehead atoms. The van der Waals surface area contributed by atoms with Crippen LogP contribution in [0.2, 0.25) is 0 Å². The fourth-order valence-corrected chi connectivity index (χ4v) is 3.20. The van der Waals surface area contributed by atoms with Gasteiger partial charge in [0.25, 0.3) is 5.69 Å². The first-order chi connectivity index (χ1) is 13.6. The lowest BCUT2D eigenvalue weighted by Crippen LogP contribution is -2.37. The van der Waals surface area contributed by atoms with Gasteiger partial charge in [0.1, 0.15) is 18.0 Å². The average Bonchev–Trinajstić information content (AvgIpc) is 3.15. The predicted octanol–water partition coefficient (Wildman–Crippen LogP) is 3.53. The van der Waals surface area contributed by atoms with Crippen LogP contribution >= 0.6 is 0 Å². The van der Waals surface area contributed by atoms with E-state index in [9.17, 15) is 14.9 Å². The Balaban J connectivity index is 1.57. The number of carbonyl (C=O) groups is 1. The number of nitrogens with zero attached hydrogens (tertiary/aromatic N) is 2. The average molecular weight is 382 g/mol. The Morgan fingerprint density at radius 1 is 1.14 bits per heavy atom. The Kier molecular flexibility index (Phi) is 4.94. The molecule has 1 fully saturated rings. The molecule has 2 heterocycles. The van der Waals surface area contributed by atoms with E-state index in [2.05, 4.69) is 0 Å². The molecule has 3 aromatic rings. The predicted molar refractivity (Wildman–Crippen MR) is 101 cm³/mol. The number of ether oxygens (including phenoxy) is 2. The largest absolute Gasteiger partial charge is 0.457 e. The maximum atomic E-state index is 12.7. The third-order valence-corrected chi connectivity index (χ3v) is 4.58. The van der Waals surface area contributed by atoms with Crippen molar-refractivity contribution >= 4 is 28.3 Å². The van der Waals surface area contributed by atoms with Crippen LogP contribution in [0.5, 0.6) is 0 Å². The van der Waals surface area contributed by atoms with Gasteiger partial charge in [0.2, 0.25) is 0 Å². The van der Waals surface area contributed by atoms with Crippen molar-refractivity contribution in [1.82, 2.24) is 0 Å². The Labute approximate surface area is 160 Å². The highest BCUT2D eigenvalue weighted by Gasteiger charge is 2.23. The summed E-state index contributed by atoms with van der Waals surface area (Å²) in [5, 5.41) is 12.1. The first-order valence-corrected chi connectivity index (χ1v) is 8.87. The molecule has 0 radical (unpaired) electrons. The van der Waals surface area contributed by atoms with Crippen molar-refractivity contribution < 1.29 is 23.6 Å². The molecule has 0 amide bonds. The SMILES string of the molecule is O=C(OCc1cc2ccccc2o1)c1cc([N+](=O)[O-])ccc1N1CCOCC1. The molecule has 1 aliphatic rings. The van der Waals surface area contributed by atoms with Crippen molar-refractivity contribution in [1.29, 1.82) is 0 Å². The van der Waals surface area contributed by atoms with Gasteiger partial charge >= 0.3 is 5.97 Å². The Bertz CT molecular complexity index is 989. The molecule has 8 heteroatoms. The van der Waals surface area contributed by atoms with E-state index < -0.39 is 10.9 Å². The van der Waals surface area contributed by atoms with Gasteiger partial charge in [0.05, 0.1) is 29.4 Å². The topological polar surface area (TPSA) is 95.0 Å². The molecule has 1 aromatic heterocycles. The molecule has 0 saturated carbocycles. The number of nitro benzene ring substituents is 1. The first-order valence-electron chi connectivity index (χ1n) is 8.87. The summed E-state index contributed by atoms with van der Waals surface area (Å²) in [6, 6.07) is 13.5. The van der Waals surface area contributed by atoms with Crippen molar-refractivity contribution in [3.63, 3.8) is 0 Å². The maximum Gasteiger partial charge on any atom is 0.340 e. The van der Waals surface area contributed by atoms with Gasteiger partial charge in [-0.15, -0.1) is 0 Å². The summed E-state index contributed by atoms with van der Waals surface area (Å²) in [5.74, 6) is -0.126. The van der Waals surface area contributed by atoms with Crippen LogP contribution in [-0.2, 0) is 16.1 Å². The smallest absolute Gasteiger partial charge is 0.340 e. The van der Waals surface area contributed by atoms with E-state index in [-0.39, 0.29) is 17.9 Å². The molecule has 144 valence electrons. The summed E-state index contributed by atoms with van der Waals surface area (Å²) >= 11 is 0. The van der Waals surface area contributed by atoms with Crippen molar-refractivity contribution in [2.45, 2.75) is 6.61 Å². The molecule has 0 N–H and O–H groups in total. The second-order valence-corrected chi connectivity index (χ2v) is 6.38. The number of nitro groups is 1. The molecule has 1 saturated heterocycles. The van der Waals surface area contributed by atoms with E-state index in [0.717, 1.165) is 5.39 Å². The molecule has 0 aliphatic carbocycles. The van der Waals surface area contributed by atoms with Crippen LogP contribution in [0.15, 0.2) is 52.9 Å². The zero-order valence-electron chi connectivity index (χ0n) is 15.0. The molecular formula is C20H18N2O6. The number of fused-ring (bicyclic) bond motifs is 1. The minimum Gasteiger partial charge on any atom is -0.457 e. The van der Waals surface area contributed by atoms with Crippen LogP contribution in [-0.4, -0.2) is 37.2 Å². The summed E-state index contributed by atoms with van der Waals surface area (Å²) < 4.78 is 16.4. The van der Waals surface area contributed by atoms with Crippen LogP contribution in [0.4, 0.5) is 11.4 Å². The van der Waals surface area contributed by atoms with Gasteiger partial charge in [0.15, 0.2) is 0 Å². The molecule has 0 unspecified atom stereocenters. The normalized spacial score (nSPS) is 14.2. The quantitative estimate of drug-likeness (QED) is 0.378. The monoisotopic (exact) mass is 382 g/mol. The molecule has 2 aromatic carbocycles. The van der Waals surface area contributed by atoms with Crippen LogP contribution in [0, 0.1) is 10.1 Å². The van der Waals surface area contributed by atoms with Crippen molar-refractivity contribution in [2.24, 2.45) is 0 Å². The third kappa shape index (κ3) is 3.67. The lowest BCUT2D eigenvalue weighted by Gasteiger charge is -2.30. The summed E-state index contributed by atoms with van der Waals surface area (Å²) in [6.45, 7) is 2.21. The van der Waals surface area contributed by atoms with Gasteiger partial charge < -0.3 is 18.8 Å². The summed E-state index contributed by atoms with van der Waals surface area (Å²) in [6.07, 6.45) is 0. The lowest BCUT2D eigenvalue weighted by atomic mass is 10.1. The molecule has 0 spiro atoms. The number of rotatable bonds is 5. The fourth-order valence-electron chi connectivity index (χ4n) is 3.20. The number of hydrogen-bond acceptors (Lipinski definition) is 7.